The topological polar surface area (TPSA) is 114 Å². The van der Waals surface area contributed by atoms with Crippen molar-refractivity contribution in [2.24, 2.45) is 22.6 Å². The Balaban J connectivity index is 1.42. The molecule has 3 aliphatic rings. The Morgan fingerprint density at radius 1 is 1.06 bits per heavy atom. The Morgan fingerprint density at radius 2 is 1.70 bits per heavy atom. The molecule has 0 radical (unpaired) electrons. The van der Waals surface area contributed by atoms with Gasteiger partial charge in [-0.05, 0) is 61.4 Å². The molecule has 2 aromatic carbocycles. The van der Waals surface area contributed by atoms with Crippen LogP contribution in [-0.2, 0) is 34.1 Å². The van der Waals surface area contributed by atoms with Gasteiger partial charge in [-0.1, -0.05) is 44.0 Å². The highest BCUT2D eigenvalue weighted by Gasteiger charge is 2.55. The number of guanidine groups is 1. The number of carbonyl (C=O) groups excluding carboxylic acids is 2. The van der Waals surface area contributed by atoms with Crippen LogP contribution in [0, 0.1) is 17.7 Å². The third-order valence-electron chi connectivity index (χ3n) is 9.32. The molecule has 2 amide bonds. The van der Waals surface area contributed by atoms with Gasteiger partial charge in [0.2, 0.25) is 0 Å². The van der Waals surface area contributed by atoms with E-state index in [9.17, 15) is 14.0 Å². The fourth-order valence-corrected chi connectivity index (χ4v) is 6.72. The van der Waals surface area contributed by atoms with Gasteiger partial charge in [0.05, 0.1) is 43.2 Å². The Hall–Kier alpha value is -4.32. The molecular weight excluding hydrogens is 609 g/mol. The molecule has 248 valence electrons. The van der Waals surface area contributed by atoms with Gasteiger partial charge in [0.15, 0.2) is 11.5 Å². The van der Waals surface area contributed by atoms with Crippen LogP contribution in [0.5, 0.6) is 0 Å². The third-order valence-corrected chi connectivity index (χ3v) is 9.32. The fourth-order valence-electron chi connectivity index (χ4n) is 6.72. The van der Waals surface area contributed by atoms with Crippen molar-refractivity contribution >= 4 is 17.8 Å². The number of halogens is 3. The summed E-state index contributed by atoms with van der Waals surface area (Å²) in [4.78, 5) is 44.9. The van der Waals surface area contributed by atoms with Crippen LogP contribution in [0.1, 0.15) is 91.4 Å². The maximum absolute atomic E-state index is 15.0. The van der Waals surface area contributed by atoms with Crippen molar-refractivity contribution in [2.75, 3.05) is 6.61 Å². The van der Waals surface area contributed by atoms with Gasteiger partial charge in [-0.2, -0.15) is 0 Å². The van der Waals surface area contributed by atoms with Gasteiger partial charge in [-0.3, -0.25) is 24.5 Å². The minimum Gasteiger partial charge on any atom is -0.376 e. The summed E-state index contributed by atoms with van der Waals surface area (Å²) in [6, 6.07) is 8.91. The van der Waals surface area contributed by atoms with Crippen molar-refractivity contribution in [3.05, 3.63) is 94.3 Å². The van der Waals surface area contributed by atoms with Crippen molar-refractivity contribution in [2.45, 2.75) is 83.7 Å². The second kappa shape index (κ2) is 12.4. The van der Waals surface area contributed by atoms with Gasteiger partial charge in [0, 0.05) is 30.4 Å². The lowest BCUT2D eigenvalue weighted by atomic mass is 9.76. The third kappa shape index (κ3) is 6.22. The van der Waals surface area contributed by atoms with Crippen molar-refractivity contribution in [1.29, 1.82) is 0 Å². The SMILES string of the molecule is CC(C)OCC(c1ccc(C(C)(F)F)c(C(=O)N2Cc3nccnc3C2)c1)N1C(=O)[C@](c2ccc(F)cc2)(C(C)CC2CC2)N=C1N. The minimum absolute atomic E-state index is 0.0470. The summed E-state index contributed by atoms with van der Waals surface area (Å²) in [6.07, 6.45) is 5.65. The van der Waals surface area contributed by atoms with Crippen LogP contribution in [0.2, 0.25) is 0 Å². The molecule has 3 atom stereocenters. The van der Waals surface area contributed by atoms with Crippen LogP contribution >= 0.6 is 0 Å². The maximum Gasteiger partial charge on any atom is 0.271 e. The molecule has 2 N–H and O–H groups in total. The first kappa shape index (κ1) is 32.6. The standard InChI is InChI=1S/C35H39F3N6O3/c1-20(2)47-19-30(44-32(46)35(42-33(44)39,21(3)15-22-5-6-22)24-8-10-25(36)11-9-24)23-7-12-27(34(4,37)38)26(16-23)31(45)43-17-28-29(18-43)41-14-13-40-28/h7-14,16,20-22,30H,5-6,15,17-19H2,1-4H3,(H2,39,42)/t21?,30?,35-/m1/s1. The van der Waals surface area contributed by atoms with E-state index in [1.54, 1.807) is 12.1 Å². The summed E-state index contributed by atoms with van der Waals surface area (Å²) in [6.45, 7) is 6.58. The van der Waals surface area contributed by atoms with E-state index < -0.39 is 40.7 Å². The number of ether oxygens (including phenoxy) is 1. The molecule has 3 heterocycles. The first-order valence-electron chi connectivity index (χ1n) is 16.0. The Kier molecular flexibility index (Phi) is 8.58. The number of hydrogen-bond donors (Lipinski definition) is 1. The second-order valence-electron chi connectivity index (χ2n) is 13.2. The summed E-state index contributed by atoms with van der Waals surface area (Å²) in [5.41, 5.74) is 6.64. The molecule has 0 bridgehead atoms. The minimum atomic E-state index is -3.34. The summed E-state index contributed by atoms with van der Waals surface area (Å²) in [7, 11) is 0. The average molecular weight is 649 g/mol. The van der Waals surface area contributed by atoms with E-state index in [4.69, 9.17) is 15.5 Å². The molecule has 9 nitrogen and oxygen atoms in total. The van der Waals surface area contributed by atoms with Crippen molar-refractivity contribution in [3.8, 4) is 0 Å². The number of aromatic nitrogens is 2. The number of alkyl halides is 2. The molecule has 2 aliphatic heterocycles. The van der Waals surface area contributed by atoms with E-state index >= 15 is 8.78 Å². The van der Waals surface area contributed by atoms with Gasteiger partial charge in [-0.25, -0.2) is 18.2 Å². The average Bonchev–Trinajstić information content (AvgIpc) is 3.67. The molecule has 0 spiro atoms. The highest BCUT2D eigenvalue weighted by Crippen LogP contribution is 2.48. The van der Waals surface area contributed by atoms with E-state index in [0.29, 0.717) is 28.4 Å². The molecule has 47 heavy (non-hydrogen) atoms. The molecule has 3 aromatic rings. The van der Waals surface area contributed by atoms with E-state index in [1.165, 1.54) is 52.5 Å². The lowest BCUT2D eigenvalue weighted by Crippen LogP contribution is -2.48. The number of carbonyl (C=O) groups is 2. The number of rotatable bonds is 11. The first-order valence-corrected chi connectivity index (χ1v) is 16.0. The van der Waals surface area contributed by atoms with Crippen molar-refractivity contribution < 1.29 is 27.5 Å². The quantitative estimate of drug-likeness (QED) is 0.280. The van der Waals surface area contributed by atoms with Crippen molar-refractivity contribution in [1.82, 2.24) is 19.8 Å². The zero-order chi connectivity index (χ0) is 33.7. The second-order valence-corrected chi connectivity index (χ2v) is 13.2. The normalized spacial score (nSPS) is 20.9. The number of fused-ring (bicyclic) bond motifs is 1. The molecule has 1 aromatic heterocycles. The van der Waals surface area contributed by atoms with Gasteiger partial charge < -0.3 is 15.4 Å². The van der Waals surface area contributed by atoms with Gasteiger partial charge >= 0.3 is 0 Å². The highest BCUT2D eigenvalue weighted by molar-refractivity contribution is 6.08. The summed E-state index contributed by atoms with van der Waals surface area (Å²) >= 11 is 0. The lowest BCUT2D eigenvalue weighted by Gasteiger charge is -2.35. The van der Waals surface area contributed by atoms with Gasteiger partial charge in [-0.15, -0.1) is 0 Å². The van der Waals surface area contributed by atoms with Gasteiger partial charge in [0.25, 0.3) is 17.7 Å². The van der Waals surface area contributed by atoms with Gasteiger partial charge in [0.1, 0.15) is 5.82 Å². The number of nitrogens with zero attached hydrogens (tertiary/aromatic N) is 5. The monoisotopic (exact) mass is 648 g/mol. The highest BCUT2D eigenvalue weighted by atomic mass is 19.3. The molecule has 0 saturated heterocycles. The first-order chi connectivity index (χ1) is 22.3. The number of benzene rings is 2. The van der Waals surface area contributed by atoms with Crippen LogP contribution in [-0.4, -0.2) is 50.3 Å². The van der Waals surface area contributed by atoms with E-state index in [2.05, 4.69) is 9.97 Å². The molecule has 6 rings (SSSR count). The van der Waals surface area contributed by atoms with Crippen LogP contribution in [0.15, 0.2) is 59.9 Å². The molecule has 12 heteroatoms. The predicted octanol–water partition coefficient (Wildman–Crippen LogP) is 5.84. The van der Waals surface area contributed by atoms with Crippen LogP contribution in [0.3, 0.4) is 0 Å². The predicted molar refractivity (Wildman–Crippen MR) is 168 cm³/mol. The van der Waals surface area contributed by atoms with Crippen LogP contribution < -0.4 is 5.73 Å². The molecular formula is C35H39F3N6O3. The summed E-state index contributed by atoms with van der Waals surface area (Å²) in [5, 5.41) is 0. The van der Waals surface area contributed by atoms with E-state index in [-0.39, 0.29) is 43.2 Å². The zero-order valence-corrected chi connectivity index (χ0v) is 26.9. The molecule has 1 fully saturated rings. The number of nitrogens with two attached hydrogens (primary N) is 1. The fraction of sp³-hybridized carbons (Fsp3) is 0.457. The maximum atomic E-state index is 15.0. The Bertz CT molecular complexity index is 1680. The van der Waals surface area contributed by atoms with Crippen LogP contribution in [0.25, 0.3) is 0 Å². The van der Waals surface area contributed by atoms with E-state index in [0.717, 1.165) is 26.2 Å². The Morgan fingerprint density at radius 3 is 2.28 bits per heavy atom. The smallest absolute Gasteiger partial charge is 0.271 e. The van der Waals surface area contributed by atoms with E-state index in [1.807, 2.05) is 20.8 Å². The molecule has 1 saturated carbocycles. The number of aliphatic imine (C=N–C) groups is 1. The summed E-state index contributed by atoms with van der Waals surface area (Å²) in [5.74, 6) is -4.70. The zero-order valence-electron chi connectivity index (χ0n) is 26.9. The van der Waals surface area contributed by atoms with Crippen LogP contribution in [0.4, 0.5) is 13.2 Å². The molecule has 2 unspecified atom stereocenters. The number of amides is 2. The summed E-state index contributed by atoms with van der Waals surface area (Å²) < 4.78 is 50.1. The Labute approximate surface area is 272 Å². The van der Waals surface area contributed by atoms with Crippen molar-refractivity contribution in [3.63, 3.8) is 0 Å². The lowest BCUT2D eigenvalue weighted by molar-refractivity contribution is -0.136. The largest absolute Gasteiger partial charge is 0.376 e. The number of hydrogen-bond acceptors (Lipinski definition) is 7. The molecule has 1 aliphatic carbocycles.